The van der Waals surface area contributed by atoms with E-state index in [1.165, 1.54) is 17.0 Å². The summed E-state index contributed by atoms with van der Waals surface area (Å²) < 4.78 is 68.9. The SMILES string of the molecule is [2H]C([2H])(c1cc(C(F)(F)F)c2cn(C3CCCC([C@@H](C4COC4)C4NNCN4C)C3)c(=O)n2c1)N1CCC[C@H](C)C1. The van der Waals surface area contributed by atoms with Crippen LogP contribution in [0.4, 0.5) is 13.2 Å². The van der Waals surface area contributed by atoms with Crippen molar-refractivity contribution >= 4 is 5.52 Å². The lowest BCUT2D eigenvalue weighted by atomic mass is 9.70. The molecule has 3 saturated heterocycles. The van der Waals surface area contributed by atoms with Gasteiger partial charge in [-0.05, 0) is 75.1 Å². The zero-order chi connectivity index (χ0) is 29.1. The van der Waals surface area contributed by atoms with Crippen molar-refractivity contribution in [1.29, 1.82) is 0 Å². The lowest BCUT2D eigenvalue weighted by Crippen LogP contribution is -2.53. The molecule has 6 rings (SSSR count). The highest BCUT2D eigenvalue weighted by molar-refractivity contribution is 5.56. The van der Waals surface area contributed by atoms with Gasteiger partial charge in [0.15, 0.2) is 0 Å². The fourth-order valence-electron chi connectivity index (χ4n) is 7.28. The Labute approximate surface area is 230 Å². The molecule has 0 amide bonds. The molecule has 5 atom stereocenters. The average Bonchev–Trinajstić information content (AvgIpc) is 3.47. The van der Waals surface area contributed by atoms with Gasteiger partial charge in [0.2, 0.25) is 0 Å². The van der Waals surface area contributed by atoms with E-state index in [1.807, 2.05) is 6.92 Å². The number of hydrogen-bond acceptors (Lipinski definition) is 6. The van der Waals surface area contributed by atoms with Crippen LogP contribution < -0.4 is 16.5 Å². The number of alkyl halides is 3. The van der Waals surface area contributed by atoms with Gasteiger partial charge in [0.1, 0.15) is 0 Å². The molecule has 5 heterocycles. The lowest BCUT2D eigenvalue weighted by Gasteiger charge is -2.45. The molecule has 8 nitrogen and oxygen atoms in total. The largest absolute Gasteiger partial charge is 0.418 e. The first-order chi connectivity index (χ1) is 19.4. The first-order valence-electron chi connectivity index (χ1n) is 15.3. The Bertz CT molecular complexity index is 1310. The number of rotatable bonds is 6. The minimum atomic E-state index is -4.73. The Morgan fingerprint density at radius 3 is 2.67 bits per heavy atom. The first kappa shape index (κ1) is 24.8. The average molecular weight is 553 g/mol. The fraction of sp³-hybridized carbons (Fsp3) is 0.750. The summed E-state index contributed by atoms with van der Waals surface area (Å²) >= 11 is 0. The fourth-order valence-corrected chi connectivity index (χ4v) is 7.28. The second-order valence-corrected chi connectivity index (χ2v) is 12.2. The van der Waals surface area contributed by atoms with Crippen LogP contribution >= 0.6 is 0 Å². The monoisotopic (exact) mass is 552 g/mol. The van der Waals surface area contributed by atoms with Gasteiger partial charge in [-0.1, -0.05) is 13.3 Å². The number of imidazole rings is 1. The number of nitrogens with zero attached hydrogens (tertiary/aromatic N) is 4. The number of ether oxygens (including phenoxy) is 1. The molecule has 2 aromatic heterocycles. The molecule has 3 aliphatic heterocycles. The predicted octanol–water partition coefficient (Wildman–Crippen LogP) is 3.67. The van der Waals surface area contributed by atoms with Gasteiger partial charge in [-0.25, -0.2) is 15.6 Å². The number of halogens is 3. The van der Waals surface area contributed by atoms with Gasteiger partial charge in [-0.3, -0.25) is 18.8 Å². The van der Waals surface area contributed by atoms with Gasteiger partial charge < -0.3 is 4.74 Å². The minimum absolute atomic E-state index is 0.122. The van der Waals surface area contributed by atoms with Gasteiger partial charge in [-0.15, -0.1) is 0 Å². The van der Waals surface area contributed by atoms with Gasteiger partial charge >= 0.3 is 11.9 Å². The maximum Gasteiger partial charge on any atom is 0.418 e. The van der Waals surface area contributed by atoms with Crippen molar-refractivity contribution < 1.29 is 20.6 Å². The van der Waals surface area contributed by atoms with Crippen molar-refractivity contribution in [3.05, 3.63) is 40.1 Å². The zero-order valence-electron chi connectivity index (χ0n) is 24.7. The number of fused-ring (bicyclic) bond motifs is 1. The van der Waals surface area contributed by atoms with E-state index in [-0.39, 0.29) is 41.0 Å². The van der Waals surface area contributed by atoms with Crippen LogP contribution in [0.1, 0.15) is 65.4 Å². The number of nitrogens with one attached hydrogen (secondary N) is 2. The smallest absolute Gasteiger partial charge is 0.381 e. The highest BCUT2D eigenvalue weighted by Crippen LogP contribution is 2.43. The van der Waals surface area contributed by atoms with Crippen molar-refractivity contribution in [3.63, 3.8) is 0 Å². The third-order valence-corrected chi connectivity index (χ3v) is 9.29. The Morgan fingerprint density at radius 2 is 2.00 bits per heavy atom. The predicted molar refractivity (Wildman–Crippen MR) is 142 cm³/mol. The van der Waals surface area contributed by atoms with Crippen molar-refractivity contribution in [2.24, 2.45) is 23.7 Å². The number of hydrogen-bond donors (Lipinski definition) is 2. The Balaban J connectivity index is 1.35. The summed E-state index contributed by atoms with van der Waals surface area (Å²) in [6, 6.07) is 0.678. The molecule has 4 fully saturated rings. The summed E-state index contributed by atoms with van der Waals surface area (Å²) in [6.45, 7) is 2.93. The van der Waals surface area contributed by atoms with E-state index in [1.54, 1.807) is 4.90 Å². The van der Waals surface area contributed by atoms with E-state index in [9.17, 15) is 18.0 Å². The van der Waals surface area contributed by atoms with E-state index < -0.39 is 23.9 Å². The number of pyridine rings is 1. The molecular weight excluding hydrogens is 509 g/mol. The van der Waals surface area contributed by atoms with Gasteiger partial charge in [-0.2, -0.15) is 13.2 Å². The van der Waals surface area contributed by atoms with Crippen LogP contribution in [0.25, 0.3) is 5.52 Å². The third kappa shape index (κ3) is 5.40. The van der Waals surface area contributed by atoms with Crippen LogP contribution in [0.15, 0.2) is 23.3 Å². The summed E-state index contributed by atoms with van der Waals surface area (Å²) in [4.78, 5) is 17.6. The normalized spacial score (nSPS) is 31.7. The van der Waals surface area contributed by atoms with Crippen LogP contribution in [0, 0.1) is 23.7 Å². The molecule has 4 aliphatic rings. The van der Waals surface area contributed by atoms with E-state index in [2.05, 4.69) is 22.8 Å². The lowest BCUT2D eigenvalue weighted by molar-refractivity contribution is -0.136. The van der Waals surface area contributed by atoms with E-state index in [4.69, 9.17) is 7.48 Å². The van der Waals surface area contributed by atoms with Crippen molar-refractivity contribution in [1.82, 2.24) is 29.6 Å². The maximum atomic E-state index is 14.4. The highest BCUT2D eigenvalue weighted by atomic mass is 19.4. The second kappa shape index (κ2) is 10.8. The van der Waals surface area contributed by atoms with Gasteiger partial charge in [0.05, 0.1) is 37.1 Å². The Kier molecular flexibility index (Phi) is 6.89. The number of aromatic nitrogens is 2. The van der Waals surface area contributed by atoms with Crippen molar-refractivity contribution in [2.45, 2.75) is 70.3 Å². The molecule has 1 aliphatic carbocycles. The molecule has 2 N–H and O–H groups in total. The summed E-state index contributed by atoms with van der Waals surface area (Å²) in [6.07, 6.45) is 3.07. The van der Waals surface area contributed by atoms with Gasteiger partial charge in [0.25, 0.3) is 0 Å². The first-order valence-corrected chi connectivity index (χ1v) is 14.3. The van der Waals surface area contributed by atoms with Gasteiger partial charge in [0, 0.05) is 40.1 Å². The van der Waals surface area contributed by atoms with Crippen molar-refractivity contribution in [2.75, 3.05) is 40.0 Å². The van der Waals surface area contributed by atoms with Crippen LogP contribution in [0.3, 0.4) is 0 Å². The van der Waals surface area contributed by atoms with E-state index in [0.29, 0.717) is 45.1 Å². The highest BCUT2D eigenvalue weighted by Gasteiger charge is 2.44. The number of piperidine rings is 1. The van der Waals surface area contributed by atoms with Crippen LogP contribution in [0.5, 0.6) is 0 Å². The summed E-state index contributed by atoms with van der Waals surface area (Å²) in [5, 5.41) is 0. The Hall–Kier alpha value is -1.92. The third-order valence-electron chi connectivity index (χ3n) is 9.29. The molecule has 11 heteroatoms. The second-order valence-electron chi connectivity index (χ2n) is 12.2. The topological polar surface area (TPSA) is 66.2 Å². The van der Waals surface area contributed by atoms with Crippen LogP contribution in [0.2, 0.25) is 0 Å². The van der Waals surface area contributed by atoms with E-state index in [0.717, 1.165) is 42.8 Å². The molecule has 2 aromatic rings. The molecule has 216 valence electrons. The number of likely N-dealkylation sites (tertiary alicyclic amines) is 1. The molecule has 0 bridgehead atoms. The standard InChI is InChI=1S/C28H41F3N6O2/c1-18-5-4-8-35(11-18)12-19-9-23(28(29,30)31)24-14-36(27(38)37(24)13-19)22-7-3-6-20(10-22)25(21-15-39-16-21)26-33-32-17-34(26)2/h9,13-14,18,20-22,25-26,32-33H,3-8,10-12,15-17H2,1-2H3/t18-,20?,22?,25-,26?/m0/s1/i12D2. The summed E-state index contributed by atoms with van der Waals surface area (Å²) in [7, 11) is 2.06. The maximum absolute atomic E-state index is 14.4. The zero-order valence-corrected chi connectivity index (χ0v) is 22.7. The quantitative estimate of drug-likeness (QED) is 0.570. The molecule has 3 unspecified atom stereocenters. The van der Waals surface area contributed by atoms with E-state index >= 15 is 0 Å². The minimum Gasteiger partial charge on any atom is -0.381 e. The molecule has 39 heavy (non-hydrogen) atoms. The Morgan fingerprint density at radius 1 is 1.18 bits per heavy atom. The molecule has 0 spiro atoms. The van der Waals surface area contributed by atoms with Crippen LogP contribution in [-0.4, -0.2) is 65.0 Å². The summed E-state index contributed by atoms with van der Waals surface area (Å²) in [5.74, 6) is 1.21. The number of hydrazine groups is 1. The molecular formula is C28H41F3N6O2. The van der Waals surface area contributed by atoms with Crippen molar-refractivity contribution in [3.8, 4) is 0 Å². The van der Waals surface area contributed by atoms with Crippen LogP contribution in [-0.2, 0) is 17.4 Å². The molecule has 0 aromatic carbocycles. The summed E-state index contributed by atoms with van der Waals surface area (Å²) in [5.41, 5.74) is 4.74. The molecule has 1 saturated carbocycles. The molecule has 0 radical (unpaired) electrons.